The number of hydrogen-bond acceptors (Lipinski definition) is 4. The van der Waals surface area contributed by atoms with E-state index >= 15 is 0 Å². The Hall–Kier alpha value is -4.06. The Morgan fingerprint density at radius 2 is 1.77 bits per heavy atom. The predicted molar refractivity (Wildman–Crippen MR) is 116 cm³/mol. The first-order chi connectivity index (χ1) is 14.7. The van der Waals surface area contributed by atoms with Crippen LogP contribution in [0.1, 0.15) is 0 Å². The second-order valence-electron chi connectivity index (χ2n) is 6.61. The van der Waals surface area contributed by atoms with Gasteiger partial charge < -0.3 is 19.4 Å². The van der Waals surface area contributed by atoms with Crippen LogP contribution in [0.2, 0.25) is 0 Å². The minimum atomic E-state index is -0.220. The number of imidazole rings is 1. The molecular formula is C24H21N3O3. The number of aromatic nitrogens is 2. The number of carbonyl (C=O) groups excluding carboxylic acids is 1. The highest BCUT2D eigenvalue weighted by Gasteiger charge is 2.06. The van der Waals surface area contributed by atoms with Crippen LogP contribution < -0.4 is 14.8 Å². The summed E-state index contributed by atoms with van der Waals surface area (Å²) in [6, 6.07) is 23.0. The number of nitrogens with zero attached hydrogens (tertiary/aromatic N) is 2. The van der Waals surface area contributed by atoms with E-state index < -0.39 is 0 Å². The number of ether oxygens (including phenoxy) is 2. The van der Waals surface area contributed by atoms with Gasteiger partial charge in [-0.2, -0.15) is 0 Å². The van der Waals surface area contributed by atoms with E-state index in [-0.39, 0.29) is 12.5 Å². The molecule has 0 aliphatic carbocycles. The van der Waals surface area contributed by atoms with Crippen molar-refractivity contribution in [3.05, 3.63) is 91.5 Å². The number of nitrogens with one attached hydrogen (secondary N) is 1. The fourth-order valence-electron chi connectivity index (χ4n) is 3.02. The molecule has 0 atom stereocenters. The van der Waals surface area contributed by atoms with Gasteiger partial charge in [0.1, 0.15) is 11.5 Å². The van der Waals surface area contributed by atoms with Crippen molar-refractivity contribution in [3.8, 4) is 28.3 Å². The smallest absolute Gasteiger partial charge is 0.262 e. The van der Waals surface area contributed by atoms with Gasteiger partial charge >= 0.3 is 0 Å². The van der Waals surface area contributed by atoms with Crippen molar-refractivity contribution < 1.29 is 14.3 Å². The summed E-state index contributed by atoms with van der Waals surface area (Å²) < 4.78 is 12.7. The maximum absolute atomic E-state index is 12.2. The van der Waals surface area contributed by atoms with Crippen LogP contribution in [0.5, 0.6) is 11.5 Å². The van der Waals surface area contributed by atoms with Crippen LogP contribution in [-0.4, -0.2) is 29.2 Å². The molecule has 0 aliphatic rings. The first kappa shape index (κ1) is 19.3. The molecule has 3 aromatic carbocycles. The summed E-state index contributed by atoms with van der Waals surface area (Å²) in [7, 11) is 1.65. The number of benzene rings is 3. The van der Waals surface area contributed by atoms with E-state index in [0.717, 1.165) is 22.6 Å². The van der Waals surface area contributed by atoms with Crippen molar-refractivity contribution in [1.29, 1.82) is 0 Å². The lowest BCUT2D eigenvalue weighted by Crippen LogP contribution is -2.20. The zero-order valence-electron chi connectivity index (χ0n) is 16.5. The van der Waals surface area contributed by atoms with E-state index in [2.05, 4.69) is 10.3 Å². The van der Waals surface area contributed by atoms with E-state index in [4.69, 9.17) is 9.47 Å². The average molecular weight is 399 g/mol. The lowest BCUT2D eigenvalue weighted by molar-refractivity contribution is -0.118. The molecule has 4 aromatic rings. The molecule has 0 fully saturated rings. The largest absolute Gasteiger partial charge is 0.497 e. The lowest BCUT2D eigenvalue weighted by atomic mass is 10.1. The molecule has 0 bridgehead atoms. The first-order valence-electron chi connectivity index (χ1n) is 9.47. The zero-order chi connectivity index (χ0) is 20.8. The van der Waals surface area contributed by atoms with Crippen LogP contribution in [0.15, 0.2) is 91.5 Å². The summed E-state index contributed by atoms with van der Waals surface area (Å²) in [5, 5.41) is 2.85. The molecule has 0 radical (unpaired) electrons. The highest BCUT2D eigenvalue weighted by atomic mass is 16.5. The number of methoxy groups -OCH3 is 1. The molecule has 0 unspecified atom stereocenters. The number of carbonyl (C=O) groups is 1. The van der Waals surface area contributed by atoms with Gasteiger partial charge in [-0.05, 0) is 59.7 Å². The van der Waals surface area contributed by atoms with Crippen molar-refractivity contribution in [2.45, 2.75) is 0 Å². The molecule has 1 amide bonds. The van der Waals surface area contributed by atoms with Crippen LogP contribution in [0.25, 0.3) is 16.8 Å². The van der Waals surface area contributed by atoms with Crippen LogP contribution in [0.3, 0.4) is 0 Å². The molecule has 6 heteroatoms. The van der Waals surface area contributed by atoms with Gasteiger partial charge in [-0.15, -0.1) is 0 Å². The second-order valence-corrected chi connectivity index (χ2v) is 6.61. The molecule has 1 heterocycles. The summed E-state index contributed by atoms with van der Waals surface area (Å²) in [5.41, 5.74) is 3.78. The van der Waals surface area contributed by atoms with Gasteiger partial charge in [-0.1, -0.05) is 24.3 Å². The second kappa shape index (κ2) is 8.96. The molecular weight excluding hydrogens is 378 g/mol. The Bertz CT molecular complexity index is 1110. The van der Waals surface area contributed by atoms with Gasteiger partial charge in [0.15, 0.2) is 6.61 Å². The molecule has 1 aromatic heterocycles. The van der Waals surface area contributed by atoms with Gasteiger partial charge in [0.2, 0.25) is 0 Å². The van der Waals surface area contributed by atoms with Crippen LogP contribution in [0.4, 0.5) is 5.69 Å². The van der Waals surface area contributed by atoms with Crippen molar-refractivity contribution >= 4 is 11.6 Å². The van der Waals surface area contributed by atoms with E-state index in [1.54, 1.807) is 19.6 Å². The van der Waals surface area contributed by atoms with Crippen LogP contribution in [-0.2, 0) is 4.79 Å². The van der Waals surface area contributed by atoms with E-state index in [9.17, 15) is 4.79 Å². The number of hydrogen-bond donors (Lipinski definition) is 1. The average Bonchev–Trinajstić information content (AvgIpc) is 3.34. The van der Waals surface area contributed by atoms with Gasteiger partial charge in [0, 0.05) is 23.8 Å². The molecule has 0 spiro atoms. The third-order valence-electron chi connectivity index (χ3n) is 4.58. The fourth-order valence-corrected chi connectivity index (χ4v) is 3.02. The van der Waals surface area contributed by atoms with Crippen LogP contribution >= 0.6 is 0 Å². The monoisotopic (exact) mass is 399 g/mol. The first-order valence-corrected chi connectivity index (χ1v) is 9.47. The predicted octanol–water partition coefficient (Wildman–Crippen LogP) is 4.57. The molecule has 0 saturated carbocycles. The number of anilines is 1. The minimum absolute atomic E-state index is 0.0674. The summed E-state index contributed by atoms with van der Waals surface area (Å²) in [6.07, 6.45) is 5.31. The highest BCUT2D eigenvalue weighted by molar-refractivity contribution is 5.92. The summed E-state index contributed by atoms with van der Waals surface area (Å²) in [6.45, 7) is -0.0674. The number of amides is 1. The maximum atomic E-state index is 12.2. The van der Waals surface area contributed by atoms with Gasteiger partial charge in [-0.25, -0.2) is 4.98 Å². The molecule has 150 valence electrons. The van der Waals surface area contributed by atoms with Crippen LogP contribution in [0, 0.1) is 0 Å². The Balaban J connectivity index is 1.31. The standard InChI is InChI=1S/C24H21N3O3/c1-29-23-4-2-3-19(15-23)18-5-7-20(8-6-18)26-24(28)16-30-22-11-9-21(10-12-22)27-14-13-25-17-27/h2-15,17H,16H2,1H3,(H,26,28). The topological polar surface area (TPSA) is 65.4 Å². The van der Waals surface area contributed by atoms with E-state index in [1.807, 2.05) is 83.6 Å². The summed E-state index contributed by atoms with van der Waals surface area (Å²) >= 11 is 0. The molecule has 4 rings (SSSR count). The van der Waals surface area contributed by atoms with Crippen molar-refractivity contribution in [3.63, 3.8) is 0 Å². The zero-order valence-corrected chi connectivity index (χ0v) is 16.5. The Morgan fingerprint density at radius 1 is 0.967 bits per heavy atom. The lowest BCUT2D eigenvalue weighted by Gasteiger charge is -2.09. The normalized spacial score (nSPS) is 10.4. The molecule has 0 saturated heterocycles. The minimum Gasteiger partial charge on any atom is -0.497 e. The fraction of sp³-hybridized carbons (Fsp3) is 0.0833. The Kier molecular flexibility index (Phi) is 5.75. The van der Waals surface area contributed by atoms with Crippen molar-refractivity contribution in [1.82, 2.24) is 9.55 Å². The number of rotatable bonds is 7. The quantitative estimate of drug-likeness (QED) is 0.495. The van der Waals surface area contributed by atoms with Crippen molar-refractivity contribution in [2.24, 2.45) is 0 Å². The highest BCUT2D eigenvalue weighted by Crippen LogP contribution is 2.25. The van der Waals surface area contributed by atoms with Gasteiger partial charge in [0.25, 0.3) is 5.91 Å². The third-order valence-corrected chi connectivity index (χ3v) is 4.58. The van der Waals surface area contributed by atoms with Gasteiger partial charge in [-0.3, -0.25) is 4.79 Å². The maximum Gasteiger partial charge on any atom is 0.262 e. The molecule has 6 nitrogen and oxygen atoms in total. The van der Waals surface area contributed by atoms with E-state index in [1.165, 1.54) is 0 Å². The molecule has 0 aliphatic heterocycles. The summed E-state index contributed by atoms with van der Waals surface area (Å²) in [4.78, 5) is 16.2. The Morgan fingerprint density at radius 3 is 2.47 bits per heavy atom. The summed E-state index contributed by atoms with van der Waals surface area (Å²) in [5.74, 6) is 1.21. The molecule has 30 heavy (non-hydrogen) atoms. The van der Waals surface area contributed by atoms with Gasteiger partial charge in [0.05, 0.1) is 13.4 Å². The Labute approximate surface area is 174 Å². The van der Waals surface area contributed by atoms with Crippen molar-refractivity contribution in [2.75, 3.05) is 19.0 Å². The van der Waals surface area contributed by atoms with E-state index in [0.29, 0.717) is 11.4 Å². The molecule has 1 N–H and O–H groups in total. The SMILES string of the molecule is COc1cccc(-c2ccc(NC(=O)COc3ccc(-n4ccnc4)cc3)cc2)c1. The third kappa shape index (κ3) is 4.67.